The Kier molecular flexibility index (Phi) is 4.29. The average Bonchev–Trinajstić information content (AvgIpc) is 2.40. The van der Waals surface area contributed by atoms with Crippen molar-refractivity contribution < 1.29 is 23.0 Å². The van der Waals surface area contributed by atoms with Crippen LogP contribution in [0.2, 0.25) is 0 Å². The summed E-state index contributed by atoms with van der Waals surface area (Å²) in [5.41, 5.74) is 0.299. The largest absolute Gasteiger partial charge is 0.488 e. The average molecular weight is 282 g/mol. The Morgan fingerprint density at radius 3 is 2.40 bits per heavy atom. The minimum Gasteiger partial charge on any atom is -0.488 e. The molecular formula is C15H13F3O2. The van der Waals surface area contributed by atoms with Crippen LogP contribution in [0.15, 0.2) is 36.4 Å². The van der Waals surface area contributed by atoms with E-state index in [0.717, 1.165) is 24.3 Å². The number of aliphatic hydroxyl groups is 1. The molecule has 1 atom stereocenters. The summed E-state index contributed by atoms with van der Waals surface area (Å²) in [5.74, 6) is -1.44. The van der Waals surface area contributed by atoms with E-state index in [0.29, 0.717) is 0 Å². The topological polar surface area (TPSA) is 29.5 Å². The predicted octanol–water partition coefficient (Wildman–Crippen LogP) is 3.74. The predicted molar refractivity (Wildman–Crippen MR) is 67.7 cm³/mol. The van der Waals surface area contributed by atoms with E-state index in [9.17, 15) is 18.3 Å². The highest BCUT2D eigenvalue weighted by Crippen LogP contribution is 2.27. The van der Waals surface area contributed by atoms with E-state index in [1.165, 1.54) is 19.1 Å². The van der Waals surface area contributed by atoms with E-state index < -0.39 is 23.6 Å². The number of hydrogen-bond donors (Lipinski definition) is 1. The zero-order chi connectivity index (χ0) is 14.7. The van der Waals surface area contributed by atoms with Gasteiger partial charge in [0.25, 0.3) is 0 Å². The fourth-order valence-corrected chi connectivity index (χ4v) is 1.79. The molecule has 1 unspecified atom stereocenters. The Hall–Kier alpha value is -2.01. The minimum absolute atomic E-state index is 0.0471. The van der Waals surface area contributed by atoms with Gasteiger partial charge in [-0.2, -0.15) is 0 Å². The summed E-state index contributed by atoms with van der Waals surface area (Å²) >= 11 is 0. The lowest BCUT2D eigenvalue weighted by molar-refractivity contribution is 0.189. The molecule has 0 heterocycles. The van der Waals surface area contributed by atoms with Gasteiger partial charge in [0.2, 0.25) is 0 Å². The summed E-state index contributed by atoms with van der Waals surface area (Å²) in [6.45, 7) is 1.25. The van der Waals surface area contributed by atoms with Crippen molar-refractivity contribution in [3.05, 3.63) is 65.0 Å². The second-order valence-corrected chi connectivity index (χ2v) is 4.38. The molecule has 0 bridgehead atoms. The Morgan fingerprint density at radius 1 is 1.05 bits per heavy atom. The molecule has 5 heteroatoms. The van der Waals surface area contributed by atoms with E-state index in [2.05, 4.69) is 0 Å². The van der Waals surface area contributed by atoms with Gasteiger partial charge in [0.15, 0.2) is 0 Å². The van der Waals surface area contributed by atoms with Gasteiger partial charge in [-0.15, -0.1) is 0 Å². The molecule has 0 aliphatic carbocycles. The van der Waals surface area contributed by atoms with Crippen LogP contribution in [-0.4, -0.2) is 5.11 Å². The third-order valence-corrected chi connectivity index (χ3v) is 2.81. The van der Waals surface area contributed by atoms with Crippen LogP contribution in [0.5, 0.6) is 5.75 Å². The van der Waals surface area contributed by atoms with Crippen LogP contribution in [0, 0.1) is 17.5 Å². The second kappa shape index (κ2) is 5.96. The van der Waals surface area contributed by atoms with E-state index in [4.69, 9.17) is 4.74 Å². The first kappa shape index (κ1) is 14.4. The van der Waals surface area contributed by atoms with Crippen LogP contribution >= 0.6 is 0 Å². The lowest BCUT2D eigenvalue weighted by atomic mass is 10.1. The smallest absolute Gasteiger partial charge is 0.130 e. The van der Waals surface area contributed by atoms with E-state index >= 15 is 0 Å². The zero-order valence-electron chi connectivity index (χ0n) is 10.7. The molecule has 0 saturated carbocycles. The lowest BCUT2D eigenvalue weighted by Gasteiger charge is -2.14. The molecule has 20 heavy (non-hydrogen) atoms. The van der Waals surface area contributed by atoms with Crippen molar-refractivity contribution in [1.82, 2.24) is 0 Å². The first-order valence-electron chi connectivity index (χ1n) is 6.01. The summed E-state index contributed by atoms with van der Waals surface area (Å²) in [4.78, 5) is 0. The van der Waals surface area contributed by atoms with Gasteiger partial charge in [-0.05, 0) is 43.3 Å². The summed E-state index contributed by atoms with van der Waals surface area (Å²) in [6, 6.07) is 6.70. The molecule has 0 radical (unpaired) electrons. The van der Waals surface area contributed by atoms with Crippen molar-refractivity contribution in [2.24, 2.45) is 0 Å². The highest BCUT2D eigenvalue weighted by molar-refractivity contribution is 5.35. The Labute approximate surface area is 114 Å². The highest BCUT2D eigenvalue weighted by Gasteiger charge is 2.12. The molecule has 2 nitrogen and oxygen atoms in total. The first-order chi connectivity index (χ1) is 9.47. The maximum atomic E-state index is 13.4. The summed E-state index contributed by atoms with van der Waals surface area (Å²) in [5, 5.41) is 9.54. The molecule has 0 aromatic heterocycles. The standard InChI is InChI=1S/C15H13F3O2/c1-9(19)13-7-12(17)3-5-15(13)20-8-10-6-11(16)2-4-14(10)18/h2-7,9,19H,8H2,1H3. The SMILES string of the molecule is CC(O)c1cc(F)ccc1OCc1cc(F)ccc1F. The molecule has 0 amide bonds. The van der Waals surface area contributed by atoms with Crippen molar-refractivity contribution in [3.63, 3.8) is 0 Å². The van der Waals surface area contributed by atoms with Crippen molar-refractivity contribution in [2.45, 2.75) is 19.6 Å². The number of halogens is 3. The normalized spacial score (nSPS) is 12.2. The lowest BCUT2D eigenvalue weighted by Crippen LogP contribution is -2.03. The van der Waals surface area contributed by atoms with Gasteiger partial charge in [-0.3, -0.25) is 0 Å². The molecule has 0 spiro atoms. The summed E-state index contributed by atoms with van der Waals surface area (Å²) < 4.78 is 44.9. The van der Waals surface area contributed by atoms with Crippen LogP contribution in [0.1, 0.15) is 24.2 Å². The maximum absolute atomic E-state index is 13.4. The van der Waals surface area contributed by atoms with Crippen molar-refractivity contribution in [2.75, 3.05) is 0 Å². The summed E-state index contributed by atoms with van der Waals surface area (Å²) in [7, 11) is 0. The molecule has 106 valence electrons. The van der Waals surface area contributed by atoms with Crippen molar-refractivity contribution in [1.29, 1.82) is 0 Å². The maximum Gasteiger partial charge on any atom is 0.130 e. The first-order valence-corrected chi connectivity index (χ1v) is 6.01. The third kappa shape index (κ3) is 3.30. The van der Waals surface area contributed by atoms with Gasteiger partial charge in [0, 0.05) is 11.1 Å². The summed E-state index contributed by atoms with van der Waals surface area (Å²) in [6.07, 6.45) is -0.932. The molecule has 0 aliphatic rings. The van der Waals surface area contributed by atoms with E-state index in [1.807, 2.05) is 0 Å². The Balaban J connectivity index is 2.20. The Morgan fingerprint density at radius 2 is 1.70 bits per heavy atom. The van der Waals surface area contributed by atoms with Gasteiger partial charge in [0.1, 0.15) is 29.8 Å². The molecule has 0 saturated heterocycles. The second-order valence-electron chi connectivity index (χ2n) is 4.38. The van der Waals surface area contributed by atoms with Crippen LogP contribution in [0.3, 0.4) is 0 Å². The van der Waals surface area contributed by atoms with E-state index in [-0.39, 0.29) is 23.5 Å². The van der Waals surface area contributed by atoms with Gasteiger partial charge in [0.05, 0.1) is 6.10 Å². The third-order valence-electron chi connectivity index (χ3n) is 2.81. The molecule has 1 N–H and O–H groups in total. The molecule has 2 rings (SSSR count). The molecule has 2 aromatic rings. The van der Waals surface area contributed by atoms with Gasteiger partial charge >= 0.3 is 0 Å². The highest BCUT2D eigenvalue weighted by atomic mass is 19.1. The number of rotatable bonds is 4. The van der Waals surface area contributed by atoms with Gasteiger partial charge in [-0.1, -0.05) is 0 Å². The fourth-order valence-electron chi connectivity index (χ4n) is 1.79. The van der Waals surface area contributed by atoms with Gasteiger partial charge in [-0.25, -0.2) is 13.2 Å². The molecular weight excluding hydrogens is 269 g/mol. The quantitative estimate of drug-likeness (QED) is 0.925. The van der Waals surface area contributed by atoms with Gasteiger partial charge < -0.3 is 9.84 Å². The Bertz CT molecular complexity index is 612. The fraction of sp³-hybridized carbons (Fsp3) is 0.200. The molecule has 0 fully saturated rings. The van der Waals surface area contributed by atoms with Crippen LogP contribution in [-0.2, 0) is 6.61 Å². The zero-order valence-corrected chi connectivity index (χ0v) is 10.7. The minimum atomic E-state index is -0.932. The number of aliphatic hydroxyl groups excluding tert-OH is 1. The number of benzene rings is 2. The molecule has 0 aliphatic heterocycles. The number of hydrogen-bond acceptors (Lipinski definition) is 2. The number of ether oxygens (including phenoxy) is 1. The molecule has 2 aromatic carbocycles. The van der Waals surface area contributed by atoms with Crippen LogP contribution in [0.25, 0.3) is 0 Å². The van der Waals surface area contributed by atoms with E-state index in [1.54, 1.807) is 0 Å². The monoisotopic (exact) mass is 282 g/mol. The van der Waals surface area contributed by atoms with Crippen LogP contribution in [0.4, 0.5) is 13.2 Å². The van der Waals surface area contributed by atoms with Crippen molar-refractivity contribution >= 4 is 0 Å². The van der Waals surface area contributed by atoms with Crippen molar-refractivity contribution in [3.8, 4) is 5.75 Å². The van der Waals surface area contributed by atoms with Crippen LogP contribution < -0.4 is 4.74 Å².